The molecule has 92 valence electrons. The molecule has 0 aliphatic heterocycles. The first-order chi connectivity index (χ1) is 8.27. The molecule has 2 rings (SSSR count). The van der Waals surface area contributed by atoms with E-state index in [9.17, 15) is 4.79 Å². The van der Waals surface area contributed by atoms with Crippen molar-refractivity contribution in [1.29, 1.82) is 0 Å². The van der Waals surface area contributed by atoms with Crippen LogP contribution in [-0.2, 0) is 11.2 Å². The molecule has 1 aliphatic rings. The molecule has 0 saturated heterocycles. The third-order valence-corrected chi connectivity index (χ3v) is 3.63. The monoisotopic (exact) mass is 232 g/mol. The van der Waals surface area contributed by atoms with Crippen LogP contribution in [0.1, 0.15) is 43.4 Å². The molecule has 0 bridgehead atoms. The van der Waals surface area contributed by atoms with Gasteiger partial charge in [0.25, 0.3) is 0 Å². The summed E-state index contributed by atoms with van der Waals surface area (Å²) >= 11 is 0. The molecule has 0 amide bonds. The van der Waals surface area contributed by atoms with Crippen molar-refractivity contribution in [2.45, 2.75) is 38.5 Å². The highest BCUT2D eigenvalue weighted by atomic mass is 16.1. The molecule has 0 fully saturated rings. The van der Waals surface area contributed by atoms with E-state index in [0.717, 1.165) is 31.4 Å². The molecule has 17 heavy (non-hydrogen) atoms. The first-order valence-electron chi connectivity index (χ1n) is 6.45. The zero-order chi connectivity index (χ0) is 12.3. The van der Waals surface area contributed by atoms with E-state index >= 15 is 0 Å². The van der Waals surface area contributed by atoms with Crippen molar-refractivity contribution in [1.82, 2.24) is 4.98 Å². The second-order valence-electron chi connectivity index (χ2n) is 4.76. The van der Waals surface area contributed by atoms with Crippen LogP contribution in [0.3, 0.4) is 0 Å². The molecule has 0 spiro atoms. The van der Waals surface area contributed by atoms with E-state index in [1.807, 2.05) is 6.07 Å². The number of carbonyl (C=O) groups excluding carboxylic acids is 1. The Balaban J connectivity index is 2.16. The topological polar surface area (TPSA) is 56.0 Å². The van der Waals surface area contributed by atoms with Crippen LogP contribution in [0.2, 0.25) is 0 Å². The van der Waals surface area contributed by atoms with E-state index < -0.39 is 0 Å². The molecular weight excluding hydrogens is 212 g/mol. The normalized spacial score (nSPS) is 20.0. The third kappa shape index (κ3) is 2.39. The fourth-order valence-electron chi connectivity index (χ4n) is 2.70. The Labute approximate surface area is 102 Å². The Hall–Kier alpha value is -1.22. The maximum atomic E-state index is 12.4. The second kappa shape index (κ2) is 5.41. The predicted octanol–water partition coefficient (Wildman–Crippen LogP) is 2.06. The van der Waals surface area contributed by atoms with Gasteiger partial charge in [0.15, 0.2) is 0 Å². The molecule has 3 nitrogen and oxygen atoms in total. The minimum absolute atomic E-state index is 0.00806. The summed E-state index contributed by atoms with van der Waals surface area (Å²) in [6.07, 6.45) is 5.57. The van der Waals surface area contributed by atoms with Crippen molar-refractivity contribution in [3.8, 4) is 0 Å². The summed E-state index contributed by atoms with van der Waals surface area (Å²) in [4.78, 5) is 16.8. The average molecular weight is 232 g/mol. The number of hydrogen-bond acceptors (Lipinski definition) is 3. The van der Waals surface area contributed by atoms with Gasteiger partial charge in [0.2, 0.25) is 0 Å². The number of pyridine rings is 1. The van der Waals surface area contributed by atoms with Gasteiger partial charge in [0.05, 0.1) is 11.6 Å². The summed E-state index contributed by atoms with van der Waals surface area (Å²) in [5.41, 5.74) is 7.93. The number of carbonyl (C=O) groups is 1. The van der Waals surface area contributed by atoms with Crippen LogP contribution in [0.4, 0.5) is 0 Å². The Kier molecular flexibility index (Phi) is 3.89. The molecular formula is C14H20N2O. The van der Waals surface area contributed by atoms with Crippen LogP contribution in [0, 0.1) is 5.92 Å². The van der Waals surface area contributed by atoms with Crippen LogP contribution in [-0.4, -0.2) is 17.3 Å². The zero-order valence-electron chi connectivity index (χ0n) is 10.4. The summed E-state index contributed by atoms with van der Waals surface area (Å²) in [6.45, 7) is 2.56. The number of nitrogens with zero attached hydrogens (tertiary/aromatic N) is 1. The van der Waals surface area contributed by atoms with Crippen molar-refractivity contribution in [3.63, 3.8) is 0 Å². The summed E-state index contributed by atoms with van der Waals surface area (Å²) < 4.78 is 0. The number of hydrogen-bond donors (Lipinski definition) is 1. The summed E-state index contributed by atoms with van der Waals surface area (Å²) in [5, 5.41) is 0. The Morgan fingerprint density at radius 1 is 1.65 bits per heavy atom. The fraction of sp³-hybridized carbons (Fsp3) is 0.571. The van der Waals surface area contributed by atoms with Gasteiger partial charge in [-0.3, -0.25) is 9.78 Å². The Morgan fingerprint density at radius 2 is 2.47 bits per heavy atom. The smallest absolute Gasteiger partial charge is 0.146 e. The van der Waals surface area contributed by atoms with Gasteiger partial charge in [-0.2, -0.15) is 0 Å². The van der Waals surface area contributed by atoms with Gasteiger partial charge in [-0.1, -0.05) is 19.4 Å². The minimum atomic E-state index is -0.00806. The number of nitrogens with two attached hydrogens (primary N) is 1. The van der Waals surface area contributed by atoms with Crippen LogP contribution in [0.5, 0.6) is 0 Å². The quantitative estimate of drug-likeness (QED) is 0.845. The van der Waals surface area contributed by atoms with E-state index in [2.05, 4.69) is 18.0 Å². The highest BCUT2D eigenvalue weighted by Gasteiger charge is 2.32. The maximum absolute atomic E-state index is 12.4. The molecule has 0 radical (unpaired) electrons. The van der Waals surface area contributed by atoms with Crippen LogP contribution < -0.4 is 5.73 Å². The van der Waals surface area contributed by atoms with Crippen molar-refractivity contribution in [2.24, 2.45) is 11.7 Å². The third-order valence-electron chi connectivity index (χ3n) is 3.63. The van der Waals surface area contributed by atoms with Crippen molar-refractivity contribution in [2.75, 3.05) is 6.54 Å². The number of ketones is 1. The van der Waals surface area contributed by atoms with Crippen molar-refractivity contribution < 1.29 is 4.79 Å². The fourth-order valence-corrected chi connectivity index (χ4v) is 2.70. The first kappa shape index (κ1) is 12.2. The van der Waals surface area contributed by atoms with Crippen LogP contribution in [0.15, 0.2) is 18.3 Å². The van der Waals surface area contributed by atoms with Crippen LogP contribution in [0.25, 0.3) is 0 Å². The standard InChI is InChI=1S/C14H20N2O/c1-2-4-11(9-15)14(17)12-7-6-10-5-3-8-16-13(10)12/h3,5,8,11-12H,2,4,6-7,9,15H2,1H3. The minimum Gasteiger partial charge on any atom is -0.330 e. The summed E-state index contributed by atoms with van der Waals surface area (Å²) in [6, 6.07) is 4.02. The van der Waals surface area contributed by atoms with Gasteiger partial charge >= 0.3 is 0 Å². The van der Waals surface area contributed by atoms with Gasteiger partial charge in [-0.15, -0.1) is 0 Å². The number of aromatic nitrogens is 1. The summed E-state index contributed by atoms with van der Waals surface area (Å²) in [5.74, 6) is 0.302. The van der Waals surface area contributed by atoms with Gasteiger partial charge in [0.1, 0.15) is 5.78 Å². The molecule has 2 N–H and O–H groups in total. The predicted molar refractivity (Wildman–Crippen MR) is 67.8 cm³/mol. The number of Topliss-reactive ketones (excluding diaryl/α,β-unsaturated/α-hetero) is 1. The highest BCUT2D eigenvalue weighted by molar-refractivity contribution is 5.88. The lowest BCUT2D eigenvalue weighted by molar-refractivity contribution is -0.124. The molecule has 1 aromatic heterocycles. The van der Waals surface area contributed by atoms with Gasteiger partial charge in [-0.05, 0) is 30.9 Å². The largest absolute Gasteiger partial charge is 0.330 e. The second-order valence-corrected chi connectivity index (χ2v) is 4.76. The molecule has 0 aromatic carbocycles. The van der Waals surface area contributed by atoms with Gasteiger partial charge in [0, 0.05) is 18.7 Å². The lowest BCUT2D eigenvalue weighted by Crippen LogP contribution is -2.28. The average Bonchev–Trinajstić information content (AvgIpc) is 2.79. The molecule has 2 unspecified atom stereocenters. The SMILES string of the molecule is CCCC(CN)C(=O)C1CCc2cccnc21. The number of aryl methyl sites for hydroxylation is 1. The van der Waals surface area contributed by atoms with E-state index in [-0.39, 0.29) is 11.8 Å². The van der Waals surface area contributed by atoms with Gasteiger partial charge in [-0.25, -0.2) is 0 Å². The molecule has 0 saturated carbocycles. The molecule has 3 heteroatoms. The lowest BCUT2D eigenvalue weighted by atomic mass is 9.88. The van der Waals surface area contributed by atoms with Crippen molar-refractivity contribution in [3.05, 3.63) is 29.6 Å². The van der Waals surface area contributed by atoms with Crippen molar-refractivity contribution >= 4 is 5.78 Å². The zero-order valence-corrected chi connectivity index (χ0v) is 10.4. The lowest BCUT2D eigenvalue weighted by Gasteiger charge is -2.17. The van der Waals surface area contributed by atoms with E-state index in [4.69, 9.17) is 5.73 Å². The summed E-state index contributed by atoms with van der Waals surface area (Å²) in [7, 11) is 0. The highest BCUT2D eigenvalue weighted by Crippen LogP contribution is 2.34. The molecule has 1 aliphatic carbocycles. The molecule has 2 atom stereocenters. The Bertz CT molecular complexity index is 403. The number of fused-ring (bicyclic) bond motifs is 1. The Morgan fingerprint density at radius 3 is 3.18 bits per heavy atom. The molecule has 1 heterocycles. The van der Waals surface area contributed by atoms with Gasteiger partial charge < -0.3 is 5.73 Å². The first-order valence-corrected chi connectivity index (χ1v) is 6.45. The molecule has 1 aromatic rings. The van der Waals surface area contributed by atoms with E-state index in [0.29, 0.717) is 12.3 Å². The van der Waals surface area contributed by atoms with E-state index in [1.54, 1.807) is 6.20 Å². The van der Waals surface area contributed by atoms with Crippen LogP contribution >= 0.6 is 0 Å². The number of rotatable bonds is 5. The maximum Gasteiger partial charge on any atom is 0.146 e. The van der Waals surface area contributed by atoms with E-state index in [1.165, 1.54) is 5.56 Å².